The molecule has 2 rings (SSSR count). The fourth-order valence-electron chi connectivity index (χ4n) is 2.87. The summed E-state index contributed by atoms with van der Waals surface area (Å²) in [4.78, 5) is 0. The highest BCUT2D eigenvalue weighted by molar-refractivity contribution is 4.81. The van der Waals surface area contributed by atoms with Crippen molar-refractivity contribution in [2.75, 3.05) is 6.54 Å². The van der Waals surface area contributed by atoms with E-state index in [9.17, 15) is 5.11 Å². The summed E-state index contributed by atoms with van der Waals surface area (Å²) in [5.74, 6) is 0.918. The summed E-state index contributed by atoms with van der Waals surface area (Å²) in [6, 6.07) is 0.604. The number of nitrogens with one attached hydrogen (secondary N) is 1. The third kappa shape index (κ3) is 2.96. The minimum atomic E-state index is -0.0288. The maximum Gasteiger partial charge on any atom is 0.0555 e. The topological polar surface area (TPSA) is 32.3 Å². The van der Waals surface area contributed by atoms with E-state index >= 15 is 0 Å². The highest BCUT2D eigenvalue weighted by Gasteiger charge is 2.23. The van der Waals surface area contributed by atoms with Crippen molar-refractivity contribution in [1.82, 2.24) is 5.32 Å². The summed E-state index contributed by atoms with van der Waals surface area (Å²) in [5.41, 5.74) is 0. The van der Waals surface area contributed by atoms with Gasteiger partial charge in [0, 0.05) is 6.04 Å². The van der Waals surface area contributed by atoms with Crippen LogP contribution in [0.15, 0.2) is 0 Å². The second kappa shape index (κ2) is 5.13. The minimum absolute atomic E-state index is 0.0288. The Bertz CT molecular complexity index is 161. The zero-order valence-corrected chi connectivity index (χ0v) is 9.04. The van der Waals surface area contributed by atoms with Gasteiger partial charge in [0.15, 0.2) is 0 Å². The molecule has 0 bridgehead atoms. The van der Waals surface area contributed by atoms with Gasteiger partial charge in [0.05, 0.1) is 6.10 Å². The number of hydrogen-bond acceptors (Lipinski definition) is 2. The number of aliphatic hydroxyl groups excluding tert-OH is 1. The van der Waals surface area contributed by atoms with Crippen LogP contribution in [0.2, 0.25) is 0 Å². The van der Waals surface area contributed by atoms with Gasteiger partial charge in [-0.1, -0.05) is 19.3 Å². The Morgan fingerprint density at radius 3 is 2.43 bits per heavy atom. The normalized spacial score (nSPS) is 34.9. The van der Waals surface area contributed by atoms with Crippen LogP contribution < -0.4 is 5.32 Å². The van der Waals surface area contributed by atoms with Crippen LogP contribution in [-0.4, -0.2) is 23.8 Å². The van der Waals surface area contributed by atoms with Gasteiger partial charge in [0.1, 0.15) is 0 Å². The van der Waals surface area contributed by atoms with E-state index in [1.165, 1.54) is 45.1 Å². The van der Waals surface area contributed by atoms with Crippen molar-refractivity contribution in [3.05, 3.63) is 0 Å². The molecule has 2 atom stereocenters. The first-order valence-corrected chi connectivity index (χ1v) is 6.26. The second-order valence-corrected chi connectivity index (χ2v) is 5.08. The van der Waals surface area contributed by atoms with Crippen molar-refractivity contribution in [3.8, 4) is 0 Å². The molecule has 2 fully saturated rings. The molecule has 0 aromatic heterocycles. The average Bonchev–Trinajstić information content (AvgIpc) is 2.63. The molecule has 0 aliphatic heterocycles. The van der Waals surface area contributed by atoms with Gasteiger partial charge < -0.3 is 10.4 Å². The molecule has 2 N–H and O–H groups in total. The first kappa shape index (κ1) is 10.4. The maximum atomic E-state index is 9.40. The smallest absolute Gasteiger partial charge is 0.0555 e. The highest BCUT2D eigenvalue weighted by Crippen LogP contribution is 2.24. The molecule has 0 aromatic rings. The van der Waals surface area contributed by atoms with E-state index in [0.717, 1.165) is 18.8 Å². The largest absolute Gasteiger partial charge is 0.393 e. The standard InChI is InChI=1S/C12H23NO/c14-12-7-6-11(8-12)13-9-10-4-2-1-3-5-10/h10-14H,1-9H2/t11-,12+/m0/s1. The van der Waals surface area contributed by atoms with Crippen molar-refractivity contribution in [2.45, 2.75) is 63.5 Å². The third-order valence-electron chi connectivity index (χ3n) is 3.82. The lowest BCUT2D eigenvalue weighted by atomic mass is 9.89. The Balaban J connectivity index is 1.61. The van der Waals surface area contributed by atoms with E-state index in [0.29, 0.717) is 6.04 Å². The van der Waals surface area contributed by atoms with Crippen LogP contribution in [0, 0.1) is 5.92 Å². The van der Waals surface area contributed by atoms with Crippen LogP contribution in [0.3, 0.4) is 0 Å². The molecule has 82 valence electrons. The van der Waals surface area contributed by atoms with Gasteiger partial charge in [-0.2, -0.15) is 0 Å². The Kier molecular flexibility index (Phi) is 3.82. The molecule has 2 aliphatic rings. The first-order chi connectivity index (χ1) is 6.84. The Hall–Kier alpha value is -0.0800. The van der Waals surface area contributed by atoms with Crippen LogP contribution in [0.4, 0.5) is 0 Å². The third-order valence-corrected chi connectivity index (χ3v) is 3.82. The van der Waals surface area contributed by atoms with Crippen molar-refractivity contribution in [3.63, 3.8) is 0 Å². The molecular formula is C12H23NO. The highest BCUT2D eigenvalue weighted by atomic mass is 16.3. The molecule has 0 unspecified atom stereocenters. The van der Waals surface area contributed by atoms with Crippen molar-refractivity contribution < 1.29 is 5.11 Å². The molecule has 14 heavy (non-hydrogen) atoms. The van der Waals surface area contributed by atoms with Gasteiger partial charge in [-0.05, 0) is 44.6 Å². The molecule has 0 aromatic carbocycles. The fraction of sp³-hybridized carbons (Fsp3) is 1.00. The summed E-state index contributed by atoms with van der Waals surface area (Å²) >= 11 is 0. The van der Waals surface area contributed by atoms with E-state index in [2.05, 4.69) is 5.32 Å². The van der Waals surface area contributed by atoms with Crippen LogP contribution in [-0.2, 0) is 0 Å². The van der Waals surface area contributed by atoms with E-state index in [-0.39, 0.29) is 6.10 Å². The van der Waals surface area contributed by atoms with Crippen LogP contribution in [0.5, 0.6) is 0 Å². The first-order valence-electron chi connectivity index (χ1n) is 6.26. The predicted octanol–water partition coefficient (Wildman–Crippen LogP) is 2.07. The van der Waals surface area contributed by atoms with Crippen LogP contribution in [0.25, 0.3) is 0 Å². The van der Waals surface area contributed by atoms with Gasteiger partial charge in [-0.15, -0.1) is 0 Å². The summed E-state index contributed by atoms with van der Waals surface area (Å²) in [6.07, 6.45) is 10.3. The number of hydrogen-bond donors (Lipinski definition) is 2. The SMILES string of the molecule is O[C@@H]1CC[C@H](NCC2CCCCC2)C1. The van der Waals surface area contributed by atoms with Gasteiger partial charge in [-0.3, -0.25) is 0 Å². The molecule has 0 saturated heterocycles. The average molecular weight is 197 g/mol. The lowest BCUT2D eigenvalue weighted by molar-refractivity contribution is 0.179. The number of aliphatic hydroxyl groups is 1. The Labute approximate surface area is 87.1 Å². The summed E-state index contributed by atoms with van der Waals surface area (Å²) < 4.78 is 0. The van der Waals surface area contributed by atoms with Crippen molar-refractivity contribution in [1.29, 1.82) is 0 Å². The van der Waals surface area contributed by atoms with Crippen molar-refractivity contribution >= 4 is 0 Å². The zero-order chi connectivity index (χ0) is 9.80. The van der Waals surface area contributed by atoms with Gasteiger partial charge >= 0.3 is 0 Å². The summed E-state index contributed by atoms with van der Waals surface area (Å²) in [6.45, 7) is 1.19. The minimum Gasteiger partial charge on any atom is -0.393 e. The molecule has 2 saturated carbocycles. The zero-order valence-electron chi connectivity index (χ0n) is 9.04. The molecule has 0 heterocycles. The van der Waals surface area contributed by atoms with E-state index in [1.54, 1.807) is 0 Å². The van der Waals surface area contributed by atoms with Crippen LogP contribution >= 0.6 is 0 Å². The quantitative estimate of drug-likeness (QED) is 0.726. The van der Waals surface area contributed by atoms with Gasteiger partial charge in [-0.25, -0.2) is 0 Å². The van der Waals surface area contributed by atoms with E-state index in [4.69, 9.17) is 0 Å². The Morgan fingerprint density at radius 2 is 1.79 bits per heavy atom. The molecule has 2 aliphatic carbocycles. The van der Waals surface area contributed by atoms with Gasteiger partial charge in [0.2, 0.25) is 0 Å². The molecule has 0 amide bonds. The summed E-state index contributed by atoms with van der Waals surface area (Å²) in [7, 11) is 0. The Morgan fingerprint density at radius 1 is 1.00 bits per heavy atom. The predicted molar refractivity (Wildman–Crippen MR) is 58.2 cm³/mol. The van der Waals surface area contributed by atoms with Crippen molar-refractivity contribution in [2.24, 2.45) is 5.92 Å². The lowest BCUT2D eigenvalue weighted by Crippen LogP contribution is -2.32. The van der Waals surface area contributed by atoms with E-state index < -0.39 is 0 Å². The fourth-order valence-corrected chi connectivity index (χ4v) is 2.87. The maximum absolute atomic E-state index is 9.40. The lowest BCUT2D eigenvalue weighted by Gasteiger charge is -2.23. The molecular weight excluding hydrogens is 174 g/mol. The summed E-state index contributed by atoms with van der Waals surface area (Å²) in [5, 5.41) is 13.0. The molecule has 2 nitrogen and oxygen atoms in total. The second-order valence-electron chi connectivity index (χ2n) is 5.08. The van der Waals surface area contributed by atoms with E-state index in [1.807, 2.05) is 0 Å². The van der Waals surface area contributed by atoms with Crippen LogP contribution in [0.1, 0.15) is 51.4 Å². The molecule has 2 heteroatoms. The number of rotatable bonds is 3. The molecule has 0 radical (unpaired) electrons. The molecule has 0 spiro atoms. The monoisotopic (exact) mass is 197 g/mol. The van der Waals surface area contributed by atoms with Gasteiger partial charge in [0.25, 0.3) is 0 Å².